The minimum absolute atomic E-state index is 0.112. The first-order valence-electron chi connectivity index (χ1n) is 8.68. The van der Waals surface area contributed by atoms with Crippen molar-refractivity contribution in [2.45, 2.75) is 44.7 Å². The summed E-state index contributed by atoms with van der Waals surface area (Å²) < 4.78 is 5.10. The maximum absolute atomic E-state index is 12.2. The topological polar surface area (TPSA) is 107 Å². The van der Waals surface area contributed by atoms with Crippen molar-refractivity contribution in [1.29, 1.82) is 0 Å². The Morgan fingerprint density at radius 3 is 2.72 bits per heavy atom. The molecule has 1 fully saturated rings. The molecule has 0 aliphatic carbocycles. The summed E-state index contributed by atoms with van der Waals surface area (Å²) >= 11 is 0. The summed E-state index contributed by atoms with van der Waals surface area (Å²) in [6.45, 7) is 3.13. The highest BCUT2D eigenvalue weighted by atomic mass is 16.5. The Balaban J connectivity index is 1.78. The first kappa shape index (κ1) is 19.5. The Labute approximate surface area is 148 Å². The van der Waals surface area contributed by atoms with Crippen molar-refractivity contribution >= 4 is 11.7 Å². The molecule has 6 N–H and O–H groups in total. The lowest BCUT2D eigenvalue weighted by Crippen LogP contribution is -2.67. The second-order valence-corrected chi connectivity index (χ2v) is 6.17. The second kappa shape index (κ2) is 10.2. The molecule has 0 aromatic heterocycles. The normalized spacial score (nSPS) is 23.1. The van der Waals surface area contributed by atoms with Crippen LogP contribution in [0.3, 0.4) is 0 Å². The number of ether oxygens (including phenoxy) is 1. The van der Waals surface area contributed by atoms with Crippen LogP contribution in [0.5, 0.6) is 5.75 Å². The number of amides is 2. The predicted octanol–water partition coefficient (Wildman–Crippen LogP) is 0.760. The van der Waals surface area contributed by atoms with Crippen LogP contribution in [0.4, 0.5) is 10.5 Å². The molecule has 3 unspecified atom stereocenters. The largest absolute Gasteiger partial charge is 0.497 e. The number of methoxy groups -OCH3 is 1. The SMILES string of the molecule is COc1ccc(NC(=O)NC2NC(C)CC(NCCCCO)N2)cc1. The van der Waals surface area contributed by atoms with Crippen molar-refractivity contribution in [2.24, 2.45) is 0 Å². The Hall–Kier alpha value is -1.87. The molecule has 1 heterocycles. The molecule has 2 amide bonds. The lowest BCUT2D eigenvalue weighted by molar-refractivity contribution is 0.192. The van der Waals surface area contributed by atoms with E-state index in [1.165, 1.54) is 0 Å². The van der Waals surface area contributed by atoms with E-state index in [2.05, 4.69) is 33.5 Å². The number of aliphatic hydroxyl groups excluding tert-OH is 1. The first-order chi connectivity index (χ1) is 12.1. The van der Waals surface area contributed by atoms with Crippen LogP contribution in [-0.2, 0) is 0 Å². The van der Waals surface area contributed by atoms with Crippen LogP contribution in [0.1, 0.15) is 26.2 Å². The van der Waals surface area contributed by atoms with Crippen LogP contribution >= 0.6 is 0 Å². The molecule has 0 spiro atoms. The summed E-state index contributed by atoms with van der Waals surface area (Å²) in [4.78, 5) is 12.2. The quantitative estimate of drug-likeness (QED) is 0.386. The Bertz CT molecular complexity index is 526. The van der Waals surface area contributed by atoms with Crippen LogP contribution < -0.4 is 31.3 Å². The van der Waals surface area contributed by atoms with Gasteiger partial charge in [0.05, 0.1) is 13.3 Å². The number of rotatable bonds is 8. The highest BCUT2D eigenvalue weighted by molar-refractivity contribution is 5.89. The molecule has 8 heteroatoms. The van der Waals surface area contributed by atoms with Crippen molar-refractivity contribution in [2.75, 3.05) is 25.6 Å². The van der Waals surface area contributed by atoms with Crippen LogP contribution in [0.15, 0.2) is 24.3 Å². The summed E-state index contributed by atoms with van der Waals surface area (Å²) in [5.74, 6) is 0.741. The predicted molar refractivity (Wildman–Crippen MR) is 97.4 cm³/mol. The minimum atomic E-state index is -0.322. The van der Waals surface area contributed by atoms with Crippen molar-refractivity contribution in [3.63, 3.8) is 0 Å². The van der Waals surface area contributed by atoms with Gasteiger partial charge in [0.1, 0.15) is 12.0 Å². The van der Waals surface area contributed by atoms with Crippen LogP contribution in [-0.4, -0.2) is 49.9 Å². The van der Waals surface area contributed by atoms with Gasteiger partial charge in [0, 0.05) is 18.3 Å². The van der Waals surface area contributed by atoms with Crippen molar-refractivity contribution < 1.29 is 14.6 Å². The fourth-order valence-electron chi connectivity index (χ4n) is 2.73. The lowest BCUT2D eigenvalue weighted by Gasteiger charge is -2.36. The van der Waals surface area contributed by atoms with E-state index < -0.39 is 0 Å². The number of unbranched alkanes of at least 4 members (excludes halogenated alkanes) is 1. The number of nitrogens with one attached hydrogen (secondary N) is 5. The highest BCUT2D eigenvalue weighted by Crippen LogP contribution is 2.14. The second-order valence-electron chi connectivity index (χ2n) is 6.17. The number of hydrogen-bond acceptors (Lipinski definition) is 6. The van der Waals surface area contributed by atoms with E-state index >= 15 is 0 Å². The van der Waals surface area contributed by atoms with Gasteiger partial charge in [-0.2, -0.15) is 0 Å². The lowest BCUT2D eigenvalue weighted by atomic mass is 10.1. The van der Waals surface area contributed by atoms with Crippen LogP contribution in [0.25, 0.3) is 0 Å². The van der Waals surface area contributed by atoms with E-state index in [4.69, 9.17) is 9.84 Å². The molecule has 1 aromatic carbocycles. The molecule has 8 nitrogen and oxygen atoms in total. The van der Waals surface area contributed by atoms with Gasteiger partial charge in [0.2, 0.25) is 0 Å². The van der Waals surface area contributed by atoms with Gasteiger partial charge in [-0.05, 0) is 57.0 Å². The van der Waals surface area contributed by atoms with E-state index in [1.54, 1.807) is 31.4 Å². The molecule has 2 rings (SSSR count). The zero-order valence-corrected chi connectivity index (χ0v) is 14.8. The monoisotopic (exact) mass is 351 g/mol. The standard InChI is InChI=1S/C17H29N5O3/c1-12-11-15(18-9-3-4-10-23)21-16(19-12)22-17(24)20-13-5-7-14(25-2)8-6-13/h5-8,12,15-16,18-19,21,23H,3-4,9-11H2,1-2H3,(H2,20,22,24). The van der Waals surface area contributed by atoms with E-state index in [0.717, 1.165) is 31.6 Å². The molecular weight excluding hydrogens is 322 g/mol. The molecule has 1 aliphatic rings. The van der Waals surface area contributed by atoms with Crippen molar-refractivity contribution in [1.82, 2.24) is 21.3 Å². The Kier molecular flexibility index (Phi) is 7.93. The van der Waals surface area contributed by atoms with E-state index in [1.807, 2.05) is 0 Å². The highest BCUT2D eigenvalue weighted by Gasteiger charge is 2.25. The number of aliphatic hydroxyl groups is 1. The van der Waals surface area contributed by atoms with Gasteiger partial charge in [-0.15, -0.1) is 0 Å². The molecule has 0 radical (unpaired) electrons. The summed E-state index contributed by atoms with van der Waals surface area (Å²) in [5.41, 5.74) is 0.695. The molecular formula is C17H29N5O3. The number of hydrogen-bond donors (Lipinski definition) is 6. The van der Waals surface area contributed by atoms with Crippen molar-refractivity contribution in [3.8, 4) is 5.75 Å². The molecule has 1 saturated heterocycles. The van der Waals surface area contributed by atoms with Crippen molar-refractivity contribution in [3.05, 3.63) is 24.3 Å². The zero-order chi connectivity index (χ0) is 18.1. The Morgan fingerprint density at radius 2 is 2.04 bits per heavy atom. The molecule has 0 saturated carbocycles. The third-order valence-corrected chi connectivity index (χ3v) is 4.01. The molecule has 1 aromatic rings. The number of carbonyl (C=O) groups is 1. The van der Waals surface area contributed by atoms with E-state index in [-0.39, 0.29) is 31.1 Å². The third-order valence-electron chi connectivity index (χ3n) is 4.01. The molecule has 0 bridgehead atoms. The number of carbonyl (C=O) groups excluding carboxylic acids is 1. The molecule has 3 atom stereocenters. The van der Waals surface area contributed by atoms with Gasteiger partial charge in [-0.25, -0.2) is 4.79 Å². The maximum Gasteiger partial charge on any atom is 0.321 e. The van der Waals surface area contributed by atoms with Crippen LogP contribution in [0.2, 0.25) is 0 Å². The van der Waals surface area contributed by atoms with Gasteiger partial charge in [-0.3, -0.25) is 10.6 Å². The van der Waals surface area contributed by atoms with E-state index in [9.17, 15) is 4.79 Å². The third kappa shape index (κ3) is 6.87. The van der Waals surface area contributed by atoms with Gasteiger partial charge in [0.25, 0.3) is 0 Å². The summed E-state index contributed by atoms with van der Waals surface area (Å²) in [7, 11) is 1.60. The average Bonchev–Trinajstić information content (AvgIpc) is 2.59. The number of anilines is 1. The summed E-state index contributed by atoms with van der Waals surface area (Å²) in [5, 5.41) is 24.5. The average molecular weight is 351 g/mol. The van der Waals surface area contributed by atoms with Crippen LogP contribution in [0, 0.1) is 0 Å². The fourth-order valence-corrected chi connectivity index (χ4v) is 2.73. The maximum atomic E-state index is 12.2. The van der Waals surface area contributed by atoms with E-state index in [0.29, 0.717) is 5.69 Å². The molecule has 1 aliphatic heterocycles. The van der Waals surface area contributed by atoms with Gasteiger partial charge < -0.3 is 25.8 Å². The molecule has 140 valence electrons. The fraction of sp³-hybridized carbons (Fsp3) is 0.588. The molecule has 25 heavy (non-hydrogen) atoms. The zero-order valence-electron chi connectivity index (χ0n) is 14.8. The first-order valence-corrected chi connectivity index (χ1v) is 8.68. The van der Waals surface area contributed by atoms with Gasteiger partial charge in [-0.1, -0.05) is 0 Å². The number of benzene rings is 1. The van der Waals surface area contributed by atoms with Gasteiger partial charge in [0.15, 0.2) is 0 Å². The van der Waals surface area contributed by atoms with Gasteiger partial charge >= 0.3 is 6.03 Å². The summed E-state index contributed by atoms with van der Waals surface area (Å²) in [6, 6.07) is 7.14. The number of urea groups is 1. The smallest absolute Gasteiger partial charge is 0.321 e. The summed E-state index contributed by atoms with van der Waals surface area (Å²) in [6.07, 6.45) is 2.42. The minimum Gasteiger partial charge on any atom is -0.497 e. The Morgan fingerprint density at radius 1 is 1.28 bits per heavy atom.